The molecule has 2 aromatic rings. The molecule has 0 aliphatic heterocycles. The van der Waals surface area contributed by atoms with Gasteiger partial charge in [0.25, 0.3) is 0 Å². The summed E-state index contributed by atoms with van der Waals surface area (Å²) < 4.78 is 14.0. The molecule has 1 nitrogen and oxygen atoms in total. The van der Waals surface area contributed by atoms with Gasteiger partial charge >= 0.3 is 0 Å². The van der Waals surface area contributed by atoms with Gasteiger partial charge < -0.3 is 5.32 Å². The smallest absolute Gasteiger partial charge is 0.123 e. The minimum atomic E-state index is -0.203. The molecule has 1 N–H and O–H groups in total. The zero-order valence-corrected chi connectivity index (χ0v) is 11.8. The lowest BCUT2D eigenvalue weighted by atomic mass is 10.1. The summed E-state index contributed by atoms with van der Waals surface area (Å²) in [5.74, 6) is -0.203. The number of halogens is 2. The third-order valence-electron chi connectivity index (χ3n) is 2.77. The Morgan fingerprint density at radius 1 is 1.06 bits per heavy atom. The molecule has 0 unspecified atom stereocenters. The molecule has 18 heavy (non-hydrogen) atoms. The summed E-state index contributed by atoms with van der Waals surface area (Å²) in [6.45, 7) is 3.50. The van der Waals surface area contributed by atoms with Crippen LogP contribution in [-0.2, 0) is 13.1 Å². The Labute approximate surface area is 115 Å². The minimum absolute atomic E-state index is 0.203. The van der Waals surface area contributed by atoms with Gasteiger partial charge in [-0.2, -0.15) is 0 Å². The second kappa shape index (κ2) is 6.12. The van der Waals surface area contributed by atoms with Crippen LogP contribution in [0, 0.1) is 12.7 Å². The van der Waals surface area contributed by atoms with Crippen LogP contribution in [0.5, 0.6) is 0 Å². The highest BCUT2D eigenvalue weighted by Gasteiger charge is 2.01. The van der Waals surface area contributed by atoms with Crippen LogP contribution in [-0.4, -0.2) is 0 Å². The highest BCUT2D eigenvalue weighted by Crippen LogP contribution is 2.17. The zero-order valence-electron chi connectivity index (χ0n) is 10.2. The molecule has 0 aliphatic carbocycles. The summed E-state index contributed by atoms with van der Waals surface area (Å²) in [7, 11) is 0. The van der Waals surface area contributed by atoms with Crippen LogP contribution >= 0.6 is 15.9 Å². The highest BCUT2D eigenvalue weighted by atomic mass is 79.9. The van der Waals surface area contributed by atoms with Crippen molar-refractivity contribution in [1.29, 1.82) is 0 Å². The van der Waals surface area contributed by atoms with Crippen molar-refractivity contribution in [2.24, 2.45) is 0 Å². The van der Waals surface area contributed by atoms with Gasteiger partial charge in [-0.15, -0.1) is 0 Å². The maximum absolute atomic E-state index is 13.1. The van der Waals surface area contributed by atoms with Crippen LogP contribution in [0.1, 0.15) is 16.7 Å². The van der Waals surface area contributed by atoms with Gasteiger partial charge in [0.2, 0.25) is 0 Å². The van der Waals surface area contributed by atoms with E-state index >= 15 is 0 Å². The van der Waals surface area contributed by atoms with E-state index in [9.17, 15) is 4.39 Å². The van der Waals surface area contributed by atoms with Crippen molar-refractivity contribution >= 4 is 15.9 Å². The van der Waals surface area contributed by atoms with E-state index in [0.29, 0.717) is 6.54 Å². The third-order valence-corrected chi connectivity index (χ3v) is 3.55. The lowest BCUT2D eigenvalue weighted by Gasteiger charge is -2.07. The summed E-state index contributed by atoms with van der Waals surface area (Å²) in [4.78, 5) is 0. The van der Waals surface area contributed by atoms with Gasteiger partial charge in [-0.05, 0) is 36.2 Å². The topological polar surface area (TPSA) is 12.0 Å². The Bertz CT molecular complexity index is 523. The number of hydrogen-bond donors (Lipinski definition) is 1. The molecule has 0 amide bonds. The minimum Gasteiger partial charge on any atom is -0.309 e. The predicted molar refractivity (Wildman–Crippen MR) is 75.8 cm³/mol. The van der Waals surface area contributed by atoms with E-state index in [2.05, 4.69) is 52.4 Å². The molecule has 0 aliphatic rings. The lowest BCUT2D eigenvalue weighted by molar-refractivity contribution is 0.619. The molecular weight excluding hydrogens is 293 g/mol. The van der Waals surface area contributed by atoms with E-state index in [1.54, 1.807) is 12.1 Å². The molecule has 0 spiro atoms. The van der Waals surface area contributed by atoms with Crippen LogP contribution in [0.2, 0.25) is 0 Å². The van der Waals surface area contributed by atoms with Crippen LogP contribution < -0.4 is 5.32 Å². The quantitative estimate of drug-likeness (QED) is 0.893. The molecule has 3 heteroatoms. The molecule has 0 fully saturated rings. The van der Waals surface area contributed by atoms with Gasteiger partial charge in [0.05, 0.1) is 0 Å². The SMILES string of the molecule is Cc1ccc(CNCc2cc(F)ccc2Br)cc1. The Balaban J connectivity index is 1.92. The predicted octanol–water partition coefficient (Wildman–Crippen LogP) is 4.19. The second-order valence-corrected chi connectivity index (χ2v) is 5.18. The molecule has 0 saturated heterocycles. The maximum atomic E-state index is 13.1. The Morgan fingerprint density at radius 3 is 2.50 bits per heavy atom. The molecular formula is C15H15BrFN. The number of rotatable bonds is 4. The summed E-state index contributed by atoms with van der Waals surface area (Å²) in [5, 5.41) is 3.31. The number of aryl methyl sites for hydroxylation is 1. The molecule has 0 saturated carbocycles. The fraction of sp³-hybridized carbons (Fsp3) is 0.200. The van der Waals surface area contributed by atoms with Gasteiger partial charge in [0.15, 0.2) is 0 Å². The van der Waals surface area contributed by atoms with Gasteiger partial charge in [-0.1, -0.05) is 45.8 Å². The van der Waals surface area contributed by atoms with E-state index in [-0.39, 0.29) is 5.82 Å². The monoisotopic (exact) mass is 307 g/mol. The summed E-state index contributed by atoms with van der Waals surface area (Å²) >= 11 is 3.42. The molecule has 94 valence electrons. The Kier molecular flexibility index (Phi) is 4.50. The molecule has 0 radical (unpaired) electrons. The van der Waals surface area contributed by atoms with E-state index in [1.807, 2.05) is 0 Å². The van der Waals surface area contributed by atoms with Gasteiger partial charge in [0.1, 0.15) is 5.82 Å². The summed E-state index contributed by atoms with van der Waals surface area (Å²) in [5.41, 5.74) is 3.42. The van der Waals surface area contributed by atoms with Crippen LogP contribution in [0.3, 0.4) is 0 Å². The van der Waals surface area contributed by atoms with Crippen molar-refractivity contribution in [3.63, 3.8) is 0 Å². The summed E-state index contributed by atoms with van der Waals surface area (Å²) in [6, 6.07) is 13.1. The molecule has 2 aromatic carbocycles. The van der Waals surface area contributed by atoms with E-state index in [0.717, 1.165) is 16.6 Å². The lowest BCUT2D eigenvalue weighted by Crippen LogP contribution is -2.13. The van der Waals surface area contributed by atoms with Crippen molar-refractivity contribution < 1.29 is 4.39 Å². The van der Waals surface area contributed by atoms with E-state index < -0.39 is 0 Å². The van der Waals surface area contributed by atoms with Crippen molar-refractivity contribution in [2.45, 2.75) is 20.0 Å². The number of hydrogen-bond acceptors (Lipinski definition) is 1. The first kappa shape index (κ1) is 13.2. The van der Waals surface area contributed by atoms with E-state index in [4.69, 9.17) is 0 Å². The third kappa shape index (κ3) is 3.65. The maximum Gasteiger partial charge on any atom is 0.123 e. The van der Waals surface area contributed by atoms with Gasteiger partial charge in [0, 0.05) is 17.6 Å². The van der Waals surface area contributed by atoms with Crippen molar-refractivity contribution in [2.75, 3.05) is 0 Å². The average molecular weight is 308 g/mol. The van der Waals surface area contributed by atoms with Gasteiger partial charge in [-0.25, -0.2) is 4.39 Å². The summed E-state index contributed by atoms with van der Waals surface area (Å²) in [6.07, 6.45) is 0. The average Bonchev–Trinajstić information content (AvgIpc) is 2.36. The standard InChI is InChI=1S/C15H15BrFN/c1-11-2-4-12(5-3-11)9-18-10-13-8-14(17)6-7-15(13)16/h2-8,18H,9-10H2,1H3. The number of benzene rings is 2. The first-order valence-corrected chi connectivity index (χ1v) is 6.64. The van der Waals surface area contributed by atoms with Crippen LogP contribution in [0.15, 0.2) is 46.9 Å². The van der Waals surface area contributed by atoms with Crippen molar-refractivity contribution in [1.82, 2.24) is 5.32 Å². The highest BCUT2D eigenvalue weighted by molar-refractivity contribution is 9.10. The van der Waals surface area contributed by atoms with Gasteiger partial charge in [-0.3, -0.25) is 0 Å². The first-order chi connectivity index (χ1) is 8.65. The molecule has 0 atom stereocenters. The van der Waals surface area contributed by atoms with E-state index in [1.165, 1.54) is 17.2 Å². The van der Waals surface area contributed by atoms with Crippen molar-refractivity contribution in [3.05, 3.63) is 69.4 Å². The fourth-order valence-electron chi connectivity index (χ4n) is 1.73. The zero-order chi connectivity index (χ0) is 13.0. The van der Waals surface area contributed by atoms with Crippen molar-refractivity contribution in [3.8, 4) is 0 Å². The normalized spacial score (nSPS) is 10.6. The first-order valence-electron chi connectivity index (χ1n) is 5.85. The van der Waals surface area contributed by atoms with Crippen LogP contribution in [0.25, 0.3) is 0 Å². The molecule has 2 rings (SSSR count). The van der Waals surface area contributed by atoms with Crippen LogP contribution in [0.4, 0.5) is 4.39 Å². The molecule has 0 bridgehead atoms. The second-order valence-electron chi connectivity index (χ2n) is 4.32. The Morgan fingerprint density at radius 2 is 1.78 bits per heavy atom. The fourth-order valence-corrected chi connectivity index (χ4v) is 2.11. The molecule has 0 aromatic heterocycles. The number of nitrogens with one attached hydrogen (secondary N) is 1. The Hall–Kier alpha value is -1.19. The molecule has 0 heterocycles. The largest absolute Gasteiger partial charge is 0.309 e.